The van der Waals surface area contributed by atoms with E-state index in [1.165, 1.54) is 10.8 Å². The standard InChI is InChI=1S/C36H22N4/c1-2-4-28-21-30(12-7-23(28)3-1)32-17-14-27-11-10-26-13-16-31(39-35(26)36(27)40-32)25-8-5-24(6-9-25)29-15-18-33-34(22-29)38-20-19-37-33/h1-22H. The molecule has 3 aromatic heterocycles. The van der Waals surface area contributed by atoms with E-state index in [2.05, 4.69) is 125 Å². The Labute approximate surface area is 230 Å². The zero-order valence-electron chi connectivity index (χ0n) is 21.5. The summed E-state index contributed by atoms with van der Waals surface area (Å²) < 4.78 is 0. The second kappa shape index (κ2) is 9.07. The Morgan fingerprint density at radius 3 is 1.65 bits per heavy atom. The van der Waals surface area contributed by atoms with Crippen LogP contribution in [-0.2, 0) is 0 Å². The topological polar surface area (TPSA) is 51.6 Å². The van der Waals surface area contributed by atoms with Crippen LogP contribution in [0.2, 0.25) is 0 Å². The van der Waals surface area contributed by atoms with E-state index in [1.807, 2.05) is 6.07 Å². The molecular weight excluding hydrogens is 488 g/mol. The second-order valence-corrected chi connectivity index (χ2v) is 10.0. The largest absolute Gasteiger partial charge is 0.253 e. The van der Waals surface area contributed by atoms with Gasteiger partial charge in [-0.3, -0.25) is 9.97 Å². The van der Waals surface area contributed by atoms with Crippen LogP contribution in [0.15, 0.2) is 134 Å². The lowest BCUT2D eigenvalue weighted by Gasteiger charge is -2.09. The Morgan fingerprint density at radius 2 is 0.900 bits per heavy atom. The maximum Gasteiger partial charge on any atom is 0.0972 e. The Balaban J connectivity index is 1.20. The van der Waals surface area contributed by atoms with Crippen molar-refractivity contribution >= 4 is 43.6 Å². The van der Waals surface area contributed by atoms with Gasteiger partial charge in [-0.15, -0.1) is 0 Å². The van der Waals surface area contributed by atoms with Crippen LogP contribution in [0, 0.1) is 0 Å². The molecule has 40 heavy (non-hydrogen) atoms. The predicted molar refractivity (Wildman–Crippen MR) is 164 cm³/mol. The highest BCUT2D eigenvalue weighted by Gasteiger charge is 2.10. The lowest BCUT2D eigenvalue weighted by Crippen LogP contribution is -1.91. The Kier molecular flexibility index (Phi) is 5.10. The maximum absolute atomic E-state index is 5.12. The van der Waals surface area contributed by atoms with Gasteiger partial charge in [0.15, 0.2) is 0 Å². The van der Waals surface area contributed by atoms with Crippen molar-refractivity contribution in [1.29, 1.82) is 0 Å². The molecule has 0 spiro atoms. The molecule has 0 radical (unpaired) electrons. The molecule has 0 atom stereocenters. The molecule has 4 nitrogen and oxygen atoms in total. The van der Waals surface area contributed by atoms with E-state index in [0.29, 0.717) is 0 Å². The molecule has 4 heteroatoms. The van der Waals surface area contributed by atoms with Gasteiger partial charge < -0.3 is 0 Å². The molecule has 5 aromatic carbocycles. The van der Waals surface area contributed by atoms with Gasteiger partial charge in [0.25, 0.3) is 0 Å². The average Bonchev–Trinajstić information content (AvgIpc) is 3.04. The van der Waals surface area contributed by atoms with E-state index in [1.54, 1.807) is 12.4 Å². The zero-order valence-corrected chi connectivity index (χ0v) is 21.5. The predicted octanol–water partition coefficient (Wildman–Crippen LogP) is 8.88. The zero-order chi connectivity index (χ0) is 26.5. The van der Waals surface area contributed by atoms with Crippen molar-refractivity contribution < 1.29 is 0 Å². The van der Waals surface area contributed by atoms with Gasteiger partial charge in [-0.2, -0.15) is 0 Å². The highest BCUT2D eigenvalue weighted by molar-refractivity contribution is 6.04. The van der Waals surface area contributed by atoms with Crippen LogP contribution in [0.1, 0.15) is 0 Å². The minimum absolute atomic E-state index is 0.891. The molecule has 0 N–H and O–H groups in total. The van der Waals surface area contributed by atoms with Crippen molar-refractivity contribution in [3.63, 3.8) is 0 Å². The molecule has 0 fully saturated rings. The van der Waals surface area contributed by atoms with E-state index in [4.69, 9.17) is 9.97 Å². The molecule has 186 valence electrons. The molecule has 8 rings (SSSR count). The van der Waals surface area contributed by atoms with E-state index in [-0.39, 0.29) is 0 Å². The summed E-state index contributed by atoms with van der Waals surface area (Å²) >= 11 is 0. The molecule has 0 saturated heterocycles. The number of nitrogens with zero attached hydrogens (tertiary/aromatic N) is 4. The fourth-order valence-corrected chi connectivity index (χ4v) is 5.41. The third-order valence-corrected chi connectivity index (χ3v) is 7.55. The van der Waals surface area contributed by atoms with Gasteiger partial charge in [-0.05, 0) is 52.2 Å². The van der Waals surface area contributed by atoms with Crippen molar-refractivity contribution in [3.05, 3.63) is 134 Å². The second-order valence-electron chi connectivity index (χ2n) is 10.0. The summed E-state index contributed by atoms with van der Waals surface area (Å²) in [7, 11) is 0. The van der Waals surface area contributed by atoms with Gasteiger partial charge in [0.05, 0.1) is 33.5 Å². The summed E-state index contributed by atoms with van der Waals surface area (Å²) in [5.41, 5.74) is 9.89. The van der Waals surface area contributed by atoms with Crippen molar-refractivity contribution in [2.24, 2.45) is 0 Å². The summed E-state index contributed by atoms with van der Waals surface area (Å²) in [4.78, 5) is 19.1. The van der Waals surface area contributed by atoms with E-state index < -0.39 is 0 Å². The third-order valence-electron chi connectivity index (χ3n) is 7.55. The average molecular weight is 511 g/mol. The lowest BCUT2D eigenvalue weighted by atomic mass is 10.0. The van der Waals surface area contributed by atoms with Gasteiger partial charge in [0.2, 0.25) is 0 Å². The molecule has 0 amide bonds. The number of hydrogen-bond acceptors (Lipinski definition) is 4. The van der Waals surface area contributed by atoms with E-state index in [0.717, 1.165) is 66.5 Å². The first kappa shape index (κ1) is 22.5. The molecule has 0 aliphatic rings. The van der Waals surface area contributed by atoms with Crippen molar-refractivity contribution in [1.82, 2.24) is 19.9 Å². The number of hydrogen-bond donors (Lipinski definition) is 0. The molecule has 3 heterocycles. The highest BCUT2D eigenvalue weighted by atomic mass is 14.8. The van der Waals surface area contributed by atoms with Crippen LogP contribution >= 0.6 is 0 Å². The summed E-state index contributed by atoms with van der Waals surface area (Å²) in [6.07, 6.45) is 3.44. The Bertz CT molecular complexity index is 2220. The molecular formula is C36H22N4. The quantitative estimate of drug-likeness (QED) is 0.223. The minimum atomic E-state index is 0.891. The monoisotopic (exact) mass is 510 g/mol. The first-order chi connectivity index (χ1) is 19.8. The van der Waals surface area contributed by atoms with Gasteiger partial charge in [-0.1, -0.05) is 91.0 Å². The first-order valence-corrected chi connectivity index (χ1v) is 13.3. The molecule has 0 saturated carbocycles. The third kappa shape index (κ3) is 3.86. The van der Waals surface area contributed by atoms with Crippen molar-refractivity contribution in [3.8, 4) is 33.6 Å². The number of benzene rings is 5. The maximum atomic E-state index is 5.12. The number of pyridine rings is 2. The van der Waals surface area contributed by atoms with Crippen LogP contribution in [-0.4, -0.2) is 19.9 Å². The highest BCUT2D eigenvalue weighted by Crippen LogP contribution is 2.31. The summed E-state index contributed by atoms with van der Waals surface area (Å²) in [5, 5.41) is 4.59. The summed E-state index contributed by atoms with van der Waals surface area (Å²) in [6, 6.07) is 42.3. The van der Waals surface area contributed by atoms with Crippen molar-refractivity contribution in [2.75, 3.05) is 0 Å². The van der Waals surface area contributed by atoms with Gasteiger partial charge >= 0.3 is 0 Å². The number of rotatable bonds is 3. The van der Waals surface area contributed by atoms with Gasteiger partial charge in [0, 0.05) is 34.3 Å². The first-order valence-electron chi connectivity index (χ1n) is 13.3. The number of fused-ring (bicyclic) bond motifs is 5. The molecule has 0 unspecified atom stereocenters. The Hall–Kier alpha value is -5.48. The molecule has 0 aliphatic heterocycles. The van der Waals surface area contributed by atoms with E-state index >= 15 is 0 Å². The summed E-state index contributed by atoms with van der Waals surface area (Å²) in [6.45, 7) is 0. The van der Waals surface area contributed by atoms with Crippen molar-refractivity contribution in [2.45, 2.75) is 0 Å². The van der Waals surface area contributed by atoms with Crippen LogP contribution < -0.4 is 0 Å². The lowest BCUT2D eigenvalue weighted by molar-refractivity contribution is 1.29. The van der Waals surface area contributed by atoms with Crippen LogP contribution in [0.4, 0.5) is 0 Å². The van der Waals surface area contributed by atoms with Crippen LogP contribution in [0.5, 0.6) is 0 Å². The smallest absolute Gasteiger partial charge is 0.0972 e. The molecule has 0 aliphatic carbocycles. The van der Waals surface area contributed by atoms with Crippen LogP contribution in [0.25, 0.3) is 77.3 Å². The van der Waals surface area contributed by atoms with Crippen LogP contribution in [0.3, 0.4) is 0 Å². The van der Waals surface area contributed by atoms with Gasteiger partial charge in [-0.25, -0.2) is 9.97 Å². The van der Waals surface area contributed by atoms with Gasteiger partial charge in [0.1, 0.15) is 0 Å². The SMILES string of the molecule is c1ccc2cc(-c3ccc4ccc5ccc(-c6ccc(-c7ccc8nccnc8c7)cc6)nc5c4n3)ccc2c1. The molecule has 0 bridgehead atoms. The fraction of sp³-hybridized carbons (Fsp3) is 0. The summed E-state index contributed by atoms with van der Waals surface area (Å²) in [5.74, 6) is 0. The normalized spacial score (nSPS) is 11.5. The molecule has 8 aromatic rings. The van der Waals surface area contributed by atoms with E-state index in [9.17, 15) is 0 Å². The fourth-order valence-electron chi connectivity index (χ4n) is 5.41. The Morgan fingerprint density at radius 1 is 0.350 bits per heavy atom. The minimum Gasteiger partial charge on any atom is -0.253 e. The number of aromatic nitrogens is 4.